The van der Waals surface area contributed by atoms with Crippen molar-refractivity contribution in [2.24, 2.45) is 11.7 Å². The fourth-order valence-electron chi connectivity index (χ4n) is 1.88. The fourth-order valence-corrected chi connectivity index (χ4v) is 2.14. The third kappa shape index (κ3) is 8.70. The second-order valence-electron chi connectivity index (χ2n) is 5.78. The summed E-state index contributed by atoms with van der Waals surface area (Å²) in [6.07, 6.45) is 0.222. The van der Waals surface area contributed by atoms with Crippen molar-refractivity contribution in [1.82, 2.24) is 16.0 Å². The Morgan fingerprint density at radius 1 is 1.00 bits per heavy atom. The topological polar surface area (TPSA) is 171 Å². The van der Waals surface area contributed by atoms with E-state index in [0.717, 1.165) is 0 Å². The first kappa shape index (κ1) is 23.1. The number of carbonyl (C=O) groups is 4. The van der Waals surface area contributed by atoms with Crippen LogP contribution in [0.5, 0.6) is 0 Å². The zero-order valence-electron chi connectivity index (χ0n) is 14.2. The van der Waals surface area contributed by atoms with Crippen LogP contribution in [0.3, 0.4) is 0 Å². The molecule has 0 aliphatic heterocycles. The molecule has 0 fully saturated rings. The lowest BCUT2D eigenvalue weighted by Crippen LogP contribution is -2.57. The number of hydrogen-bond acceptors (Lipinski definition) is 7. The molecule has 0 heterocycles. The van der Waals surface area contributed by atoms with Gasteiger partial charge in [-0.2, -0.15) is 12.6 Å². The largest absolute Gasteiger partial charge is 0.480 e. The summed E-state index contributed by atoms with van der Waals surface area (Å²) in [6, 6.07) is -3.51. The molecular weight excluding hydrogens is 352 g/mol. The number of carboxylic acid groups (broad SMARTS) is 1. The first-order valence-electron chi connectivity index (χ1n) is 7.70. The molecular formula is C14H26N4O6S. The standard InChI is InChI=1S/C14H26N4O6S/c1-7(2)3-8(14(23)24)17-13(22)10(6-25)18-12(21)9(5-19)16-11(20)4-15/h7-10,19,25H,3-6,15H2,1-2H3,(H,16,20)(H,17,22)(H,18,21)(H,23,24). The quantitative estimate of drug-likeness (QED) is 0.194. The van der Waals surface area contributed by atoms with Gasteiger partial charge in [-0.3, -0.25) is 14.4 Å². The number of thiol groups is 1. The summed E-state index contributed by atoms with van der Waals surface area (Å²) in [7, 11) is 0. The molecule has 0 aromatic heterocycles. The predicted molar refractivity (Wildman–Crippen MR) is 92.9 cm³/mol. The number of nitrogens with two attached hydrogens (primary N) is 1. The first-order chi connectivity index (χ1) is 11.7. The van der Waals surface area contributed by atoms with E-state index in [4.69, 9.17) is 15.9 Å². The van der Waals surface area contributed by atoms with Crippen LogP contribution in [0.1, 0.15) is 20.3 Å². The minimum Gasteiger partial charge on any atom is -0.480 e. The maximum Gasteiger partial charge on any atom is 0.326 e. The Bertz CT molecular complexity index is 488. The van der Waals surface area contributed by atoms with E-state index in [9.17, 15) is 19.2 Å². The maximum atomic E-state index is 12.2. The normalized spacial score (nSPS) is 14.3. The highest BCUT2D eigenvalue weighted by atomic mass is 32.1. The van der Waals surface area contributed by atoms with Crippen molar-refractivity contribution in [3.05, 3.63) is 0 Å². The average Bonchev–Trinajstić information content (AvgIpc) is 2.55. The number of amides is 3. The third-order valence-corrected chi connectivity index (χ3v) is 3.52. The highest BCUT2D eigenvalue weighted by Crippen LogP contribution is 2.05. The lowest BCUT2D eigenvalue weighted by atomic mass is 10.0. The molecule has 0 bridgehead atoms. The molecule has 25 heavy (non-hydrogen) atoms. The average molecular weight is 378 g/mol. The Morgan fingerprint density at radius 2 is 1.52 bits per heavy atom. The molecule has 0 saturated heterocycles. The van der Waals surface area contributed by atoms with E-state index >= 15 is 0 Å². The monoisotopic (exact) mass is 378 g/mol. The van der Waals surface area contributed by atoms with Gasteiger partial charge in [-0.05, 0) is 12.3 Å². The van der Waals surface area contributed by atoms with Crippen molar-refractivity contribution in [2.45, 2.75) is 38.4 Å². The van der Waals surface area contributed by atoms with Gasteiger partial charge in [-0.25, -0.2) is 4.79 Å². The molecule has 0 aromatic rings. The molecule has 0 aliphatic carbocycles. The first-order valence-corrected chi connectivity index (χ1v) is 8.34. The lowest BCUT2D eigenvalue weighted by Gasteiger charge is -2.23. The van der Waals surface area contributed by atoms with Crippen molar-refractivity contribution in [2.75, 3.05) is 18.9 Å². The molecule has 10 nitrogen and oxygen atoms in total. The van der Waals surface area contributed by atoms with Gasteiger partial charge >= 0.3 is 5.97 Å². The Hall–Kier alpha value is -1.85. The zero-order chi connectivity index (χ0) is 19.6. The van der Waals surface area contributed by atoms with Crippen LogP contribution >= 0.6 is 12.6 Å². The molecule has 0 aromatic carbocycles. The van der Waals surface area contributed by atoms with Crippen molar-refractivity contribution in [1.29, 1.82) is 0 Å². The van der Waals surface area contributed by atoms with E-state index in [1.165, 1.54) is 0 Å². The summed E-state index contributed by atoms with van der Waals surface area (Å²) in [6.45, 7) is 2.57. The number of carboxylic acids is 1. The summed E-state index contributed by atoms with van der Waals surface area (Å²) in [5.74, 6) is -3.43. The van der Waals surface area contributed by atoms with E-state index in [2.05, 4.69) is 28.6 Å². The Kier molecular flexibility index (Phi) is 10.8. The van der Waals surface area contributed by atoms with Gasteiger partial charge < -0.3 is 31.9 Å². The lowest BCUT2D eigenvalue weighted by molar-refractivity contribution is -0.142. The summed E-state index contributed by atoms with van der Waals surface area (Å²) in [4.78, 5) is 46.6. The fraction of sp³-hybridized carbons (Fsp3) is 0.714. The number of aliphatic hydroxyl groups is 1. The van der Waals surface area contributed by atoms with Crippen LogP contribution in [0.2, 0.25) is 0 Å². The van der Waals surface area contributed by atoms with Gasteiger partial charge in [0.05, 0.1) is 13.2 Å². The summed E-state index contributed by atoms with van der Waals surface area (Å²) in [5.41, 5.74) is 5.12. The Morgan fingerprint density at radius 3 is 1.92 bits per heavy atom. The Balaban J connectivity index is 4.89. The van der Waals surface area contributed by atoms with Crippen LogP contribution in [-0.4, -0.2) is 70.9 Å². The summed E-state index contributed by atoms with van der Waals surface area (Å²) >= 11 is 3.97. The van der Waals surface area contributed by atoms with E-state index in [-0.39, 0.29) is 24.6 Å². The maximum absolute atomic E-state index is 12.2. The molecule has 7 N–H and O–H groups in total. The number of aliphatic hydroxyl groups excluding tert-OH is 1. The second-order valence-corrected chi connectivity index (χ2v) is 6.14. The molecule has 0 rings (SSSR count). The van der Waals surface area contributed by atoms with Crippen molar-refractivity contribution >= 4 is 36.3 Å². The smallest absolute Gasteiger partial charge is 0.326 e. The molecule has 0 radical (unpaired) electrons. The van der Waals surface area contributed by atoms with E-state index < -0.39 is 48.4 Å². The zero-order valence-corrected chi connectivity index (χ0v) is 15.1. The van der Waals surface area contributed by atoms with Crippen LogP contribution < -0.4 is 21.7 Å². The minimum atomic E-state index is -1.28. The van der Waals surface area contributed by atoms with Gasteiger partial charge in [0.2, 0.25) is 17.7 Å². The van der Waals surface area contributed by atoms with E-state index in [1.54, 1.807) is 0 Å². The SMILES string of the molecule is CC(C)CC(NC(=O)C(CS)NC(=O)C(CO)NC(=O)CN)C(=O)O. The number of nitrogens with one attached hydrogen (secondary N) is 3. The van der Waals surface area contributed by atoms with Gasteiger partial charge in [0.25, 0.3) is 0 Å². The van der Waals surface area contributed by atoms with E-state index in [1.807, 2.05) is 13.8 Å². The summed E-state index contributed by atoms with van der Waals surface area (Å²) < 4.78 is 0. The van der Waals surface area contributed by atoms with E-state index in [0.29, 0.717) is 0 Å². The highest BCUT2D eigenvalue weighted by molar-refractivity contribution is 7.80. The van der Waals surface area contributed by atoms with Gasteiger partial charge in [-0.1, -0.05) is 13.8 Å². The minimum absolute atomic E-state index is 0.0377. The molecule has 0 aliphatic rings. The van der Waals surface area contributed by atoms with Crippen LogP contribution in [0, 0.1) is 5.92 Å². The second kappa shape index (κ2) is 11.7. The van der Waals surface area contributed by atoms with Gasteiger partial charge in [-0.15, -0.1) is 0 Å². The number of carbonyl (C=O) groups excluding carboxylic acids is 3. The van der Waals surface area contributed by atoms with Crippen molar-refractivity contribution in [3.63, 3.8) is 0 Å². The predicted octanol–water partition coefficient (Wildman–Crippen LogP) is -2.55. The summed E-state index contributed by atoms with van der Waals surface area (Å²) in [5, 5.41) is 25.2. The molecule has 3 amide bonds. The number of aliphatic carboxylic acids is 1. The van der Waals surface area contributed by atoms with Crippen LogP contribution in [0.25, 0.3) is 0 Å². The number of hydrogen-bond donors (Lipinski definition) is 7. The number of rotatable bonds is 11. The van der Waals surface area contributed by atoms with Crippen LogP contribution in [-0.2, 0) is 19.2 Å². The van der Waals surface area contributed by atoms with Crippen LogP contribution in [0.15, 0.2) is 0 Å². The Labute approximate surface area is 151 Å². The highest BCUT2D eigenvalue weighted by Gasteiger charge is 2.28. The molecule has 0 spiro atoms. The van der Waals surface area contributed by atoms with Crippen molar-refractivity contribution < 1.29 is 29.4 Å². The third-order valence-electron chi connectivity index (χ3n) is 3.16. The molecule has 3 atom stereocenters. The molecule has 3 unspecified atom stereocenters. The van der Waals surface area contributed by atoms with Gasteiger partial charge in [0.1, 0.15) is 18.1 Å². The van der Waals surface area contributed by atoms with Crippen LogP contribution in [0.4, 0.5) is 0 Å². The molecule has 11 heteroatoms. The van der Waals surface area contributed by atoms with Crippen molar-refractivity contribution in [3.8, 4) is 0 Å². The molecule has 144 valence electrons. The van der Waals surface area contributed by atoms with Gasteiger partial charge in [0.15, 0.2) is 0 Å². The molecule has 0 saturated carbocycles. The van der Waals surface area contributed by atoms with Gasteiger partial charge in [0, 0.05) is 5.75 Å².